The average Bonchev–Trinajstić information content (AvgIpc) is 2.66. The van der Waals surface area contributed by atoms with Crippen LogP contribution in [0.3, 0.4) is 0 Å². The standard InChI is InChI=1S/C20H21NO5/c1-21(2)20(23)26-16-9-5-14(6-10-16)18(22)12-8-15-7-11-17(24-3)13-19(15)25-4/h5-13H,1-4H3. The van der Waals surface area contributed by atoms with Gasteiger partial charge in [-0.05, 0) is 48.6 Å². The predicted octanol–water partition coefficient (Wildman–Crippen LogP) is 3.66. The highest BCUT2D eigenvalue weighted by molar-refractivity contribution is 6.07. The van der Waals surface area contributed by atoms with Gasteiger partial charge in [-0.2, -0.15) is 0 Å². The van der Waals surface area contributed by atoms with Gasteiger partial charge in [0.15, 0.2) is 5.78 Å². The summed E-state index contributed by atoms with van der Waals surface area (Å²) in [6.45, 7) is 0. The monoisotopic (exact) mass is 355 g/mol. The lowest BCUT2D eigenvalue weighted by atomic mass is 10.1. The largest absolute Gasteiger partial charge is 0.497 e. The summed E-state index contributed by atoms with van der Waals surface area (Å²) in [6.07, 6.45) is 2.67. The van der Waals surface area contributed by atoms with Crippen molar-refractivity contribution in [3.05, 3.63) is 59.7 Å². The molecular weight excluding hydrogens is 334 g/mol. The number of hydrogen-bond acceptors (Lipinski definition) is 5. The van der Waals surface area contributed by atoms with Gasteiger partial charge >= 0.3 is 6.09 Å². The minimum absolute atomic E-state index is 0.173. The summed E-state index contributed by atoms with van der Waals surface area (Å²) in [5, 5.41) is 0. The third kappa shape index (κ3) is 4.86. The maximum Gasteiger partial charge on any atom is 0.414 e. The van der Waals surface area contributed by atoms with E-state index in [2.05, 4.69) is 0 Å². The molecule has 0 heterocycles. The normalized spacial score (nSPS) is 10.5. The molecule has 136 valence electrons. The van der Waals surface area contributed by atoms with Crippen molar-refractivity contribution in [3.63, 3.8) is 0 Å². The number of methoxy groups -OCH3 is 2. The number of carbonyl (C=O) groups is 2. The van der Waals surface area contributed by atoms with E-state index >= 15 is 0 Å². The summed E-state index contributed by atoms with van der Waals surface area (Å²) >= 11 is 0. The second kappa shape index (κ2) is 8.71. The van der Waals surface area contributed by atoms with E-state index in [0.29, 0.717) is 22.8 Å². The van der Waals surface area contributed by atoms with Gasteiger partial charge in [0.25, 0.3) is 0 Å². The number of allylic oxidation sites excluding steroid dienone is 1. The summed E-state index contributed by atoms with van der Waals surface area (Å²) < 4.78 is 15.6. The van der Waals surface area contributed by atoms with E-state index in [1.54, 1.807) is 70.8 Å². The van der Waals surface area contributed by atoms with Crippen LogP contribution in [-0.4, -0.2) is 45.1 Å². The smallest absolute Gasteiger partial charge is 0.414 e. The van der Waals surface area contributed by atoms with Gasteiger partial charge in [-0.25, -0.2) is 4.79 Å². The van der Waals surface area contributed by atoms with Crippen molar-refractivity contribution < 1.29 is 23.8 Å². The molecule has 2 rings (SSSR count). The fourth-order valence-corrected chi connectivity index (χ4v) is 2.10. The van der Waals surface area contributed by atoms with Crippen molar-refractivity contribution in [2.75, 3.05) is 28.3 Å². The van der Waals surface area contributed by atoms with Crippen LogP contribution < -0.4 is 14.2 Å². The highest BCUT2D eigenvalue weighted by atomic mass is 16.6. The Balaban J connectivity index is 2.10. The van der Waals surface area contributed by atoms with Crippen LogP contribution >= 0.6 is 0 Å². The fourth-order valence-electron chi connectivity index (χ4n) is 2.10. The van der Waals surface area contributed by atoms with Crippen molar-refractivity contribution in [3.8, 4) is 17.2 Å². The van der Waals surface area contributed by atoms with Crippen molar-refractivity contribution >= 4 is 18.0 Å². The van der Waals surface area contributed by atoms with Gasteiger partial charge in [0.2, 0.25) is 0 Å². The number of nitrogens with zero attached hydrogens (tertiary/aromatic N) is 1. The Morgan fingerprint density at radius 3 is 2.15 bits per heavy atom. The predicted molar refractivity (Wildman–Crippen MR) is 99.1 cm³/mol. The van der Waals surface area contributed by atoms with E-state index in [4.69, 9.17) is 14.2 Å². The maximum absolute atomic E-state index is 12.3. The SMILES string of the molecule is COc1ccc(C=CC(=O)c2ccc(OC(=O)N(C)C)cc2)c(OC)c1. The number of carbonyl (C=O) groups excluding carboxylic acids is 2. The minimum Gasteiger partial charge on any atom is -0.497 e. The zero-order valence-corrected chi connectivity index (χ0v) is 15.2. The molecular formula is C20H21NO5. The lowest BCUT2D eigenvalue weighted by molar-refractivity contribution is 0.104. The van der Waals surface area contributed by atoms with E-state index < -0.39 is 6.09 Å². The second-order valence-electron chi connectivity index (χ2n) is 5.59. The Morgan fingerprint density at radius 1 is 0.923 bits per heavy atom. The summed E-state index contributed by atoms with van der Waals surface area (Å²) in [5.41, 5.74) is 1.25. The van der Waals surface area contributed by atoms with Gasteiger partial charge in [0.05, 0.1) is 14.2 Å². The third-order valence-corrected chi connectivity index (χ3v) is 3.56. The molecule has 2 aromatic carbocycles. The first-order valence-corrected chi connectivity index (χ1v) is 7.88. The van der Waals surface area contributed by atoms with Gasteiger partial charge < -0.3 is 19.1 Å². The molecule has 0 aliphatic carbocycles. The van der Waals surface area contributed by atoms with Crippen molar-refractivity contribution in [2.45, 2.75) is 0 Å². The van der Waals surface area contributed by atoms with Crippen LogP contribution in [0.5, 0.6) is 17.2 Å². The van der Waals surface area contributed by atoms with Gasteiger partial charge in [0, 0.05) is 31.3 Å². The van der Waals surface area contributed by atoms with E-state index in [1.165, 1.54) is 11.0 Å². The summed E-state index contributed by atoms with van der Waals surface area (Å²) in [7, 11) is 6.33. The summed E-state index contributed by atoms with van der Waals surface area (Å²) in [5.74, 6) is 1.49. The number of ketones is 1. The van der Waals surface area contributed by atoms with E-state index in [9.17, 15) is 9.59 Å². The first-order chi connectivity index (χ1) is 12.4. The Hall–Kier alpha value is -3.28. The number of ether oxygens (including phenoxy) is 3. The molecule has 6 nitrogen and oxygen atoms in total. The van der Waals surface area contributed by atoms with E-state index in [1.807, 2.05) is 6.07 Å². The van der Waals surface area contributed by atoms with Gasteiger partial charge in [0.1, 0.15) is 17.2 Å². The molecule has 0 radical (unpaired) electrons. The van der Waals surface area contributed by atoms with E-state index in [0.717, 1.165) is 5.56 Å². The van der Waals surface area contributed by atoms with Crippen LogP contribution in [0.4, 0.5) is 4.79 Å². The lowest BCUT2D eigenvalue weighted by Crippen LogP contribution is -2.25. The van der Waals surface area contributed by atoms with Crippen molar-refractivity contribution in [1.29, 1.82) is 0 Å². The van der Waals surface area contributed by atoms with Crippen LogP contribution in [0.25, 0.3) is 6.08 Å². The molecule has 0 saturated heterocycles. The third-order valence-electron chi connectivity index (χ3n) is 3.56. The van der Waals surface area contributed by atoms with Crippen LogP contribution in [0.2, 0.25) is 0 Å². The summed E-state index contributed by atoms with van der Waals surface area (Å²) in [6, 6.07) is 11.7. The highest BCUT2D eigenvalue weighted by Crippen LogP contribution is 2.25. The van der Waals surface area contributed by atoms with Gasteiger partial charge in [-0.3, -0.25) is 4.79 Å². The maximum atomic E-state index is 12.3. The van der Waals surface area contributed by atoms with Crippen LogP contribution in [0.15, 0.2) is 48.5 Å². The Labute approximate surface area is 152 Å². The molecule has 0 aliphatic heterocycles. The Kier molecular flexibility index (Phi) is 6.38. The Morgan fingerprint density at radius 2 is 1.58 bits per heavy atom. The number of rotatable bonds is 6. The molecule has 0 atom stereocenters. The van der Waals surface area contributed by atoms with Crippen LogP contribution in [-0.2, 0) is 0 Å². The molecule has 0 aromatic heterocycles. The first-order valence-electron chi connectivity index (χ1n) is 7.88. The molecule has 0 fully saturated rings. The highest BCUT2D eigenvalue weighted by Gasteiger charge is 2.08. The number of amides is 1. The molecule has 0 bridgehead atoms. The molecule has 0 aliphatic rings. The fraction of sp³-hybridized carbons (Fsp3) is 0.200. The topological polar surface area (TPSA) is 65.1 Å². The van der Waals surface area contributed by atoms with Crippen molar-refractivity contribution in [2.24, 2.45) is 0 Å². The Bertz CT molecular complexity index is 809. The average molecular weight is 355 g/mol. The molecule has 0 N–H and O–H groups in total. The first kappa shape index (κ1) is 19.1. The molecule has 0 spiro atoms. The molecule has 26 heavy (non-hydrogen) atoms. The zero-order chi connectivity index (χ0) is 19.1. The van der Waals surface area contributed by atoms with Crippen molar-refractivity contribution in [1.82, 2.24) is 4.90 Å². The molecule has 0 saturated carbocycles. The summed E-state index contributed by atoms with van der Waals surface area (Å²) in [4.78, 5) is 25.1. The van der Waals surface area contributed by atoms with E-state index in [-0.39, 0.29) is 5.78 Å². The molecule has 0 unspecified atom stereocenters. The number of hydrogen-bond donors (Lipinski definition) is 0. The lowest BCUT2D eigenvalue weighted by Gasteiger charge is -2.10. The zero-order valence-electron chi connectivity index (χ0n) is 15.2. The molecule has 2 aromatic rings. The molecule has 1 amide bonds. The van der Waals surface area contributed by atoms with Crippen LogP contribution in [0.1, 0.15) is 15.9 Å². The number of benzene rings is 2. The van der Waals surface area contributed by atoms with Gasteiger partial charge in [-0.15, -0.1) is 0 Å². The van der Waals surface area contributed by atoms with Crippen LogP contribution in [0, 0.1) is 0 Å². The molecule has 6 heteroatoms. The second-order valence-corrected chi connectivity index (χ2v) is 5.59. The minimum atomic E-state index is -0.476. The quantitative estimate of drug-likeness (QED) is 0.584. The van der Waals surface area contributed by atoms with Gasteiger partial charge in [-0.1, -0.05) is 0 Å².